The largest absolute Gasteiger partial charge is 0.463 e. The molecule has 1 N–H and O–H groups in total. The lowest BCUT2D eigenvalue weighted by Gasteiger charge is -2.09. The van der Waals surface area contributed by atoms with Crippen molar-refractivity contribution in [2.45, 2.75) is 12.8 Å². The molecule has 2 heterocycles. The molecule has 3 rings (SSSR count). The molecule has 0 spiro atoms. The number of halogens is 1. The first-order valence-corrected chi connectivity index (χ1v) is 6.89. The third-order valence-electron chi connectivity index (χ3n) is 3.21. The molecule has 4 heteroatoms. The van der Waals surface area contributed by atoms with E-state index in [-0.39, 0.29) is 6.61 Å². The zero-order valence-electron chi connectivity index (χ0n) is 10.8. The minimum Gasteiger partial charge on any atom is -0.463 e. The van der Waals surface area contributed by atoms with Crippen LogP contribution in [0.4, 0.5) is 0 Å². The zero-order chi connectivity index (χ0) is 13.9. The van der Waals surface area contributed by atoms with Crippen LogP contribution >= 0.6 is 11.6 Å². The second kappa shape index (κ2) is 5.65. The Bertz CT molecular complexity index is 723. The maximum Gasteiger partial charge on any atom is 0.152 e. The molecule has 0 radical (unpaired) electrons. The van der Waals surface area contributed by atoms with Crippen molar-refractivity contribution in [3.8, 4) is 11.5 Å². The predicted molar refractivity (Wildman–Crippen MR) is 79.9 cm³/mol. The number of aromatic nitrogens is 1. The number of aliphatic hydroxyl groups is 1. The molecule has 102 valence electrons. The Morgan fingerprint density at radius 1 is 1.20 bits per heavy atom. The van der Waals surface area contributed by atoms with Gasteiger partial charge in [0.1, 0.15) is 5.69 Å². The van der Waals surface area contributed by atoms with Crippen LogP contribution in [0.25, 0.3) is 22.4 Å². The molecule has 0 aliphatic rings. The quantitative estimate of drug-likeness (QED) is 0.787. The van der Waals surface area contributed by atoms with Crippen LogP contribution in [0.15, 0.2) is 47.1 Å². The van der Waals surface area contributed by atoms with Gasteiger partial charge in [0.25, 0.3) is 0 Å². The number of hydrogen-bond acceptors (Lipinski definition) is 3. The number of aryl methyl sites for hydroxylation is 1. The van der Waals surface area contributed by atoms with E-state index in [1.54, 1.807) is 6.26 Å². The molecule has 3 nitrogen and oxygen atoms in total. The molecule has 0 unspecified atom stereocenters. The lowest BCUT2D eigenvalue weighted by molar-refractivity contribution is 0.288. The van der Waals surface area contributed by atoms with E-state index in [4.69, 9.17) is 21.1 Å². The summed E-state index contributed by atoms with van der Waals surface area (Å²) < 4.78 is 5.46. The van der Waals surface area contributed by atoms with E-state index in [1.165, 1.54) is 0 Å². The van der Waals surface area contributed by atoms with Crippen molar-refractivity contribution in [3.05, 3.63) is 53.2 Å². The molecule has 20 heavy (non-hydrogen) atoms. The summed E-state index contributed by atoms with van der Waals surface area (Å²) >= 11 is 6.03. The van der Waals surface area contributed by atoms with Crippen molar-refractivity contribution >= 4 is 22.5 Å². The van der Waals surface area contributed by atoms with Crippen molar-refractivity contribution in [2.75, 3.05) is 6.61 Å². The Labute approximate surface area is 121 Å². The van der Waals surface area contributed by atoms with Crippen LogP contribution in [-0.4, -0.2) is 16.7 Å². The summed E-state index contributed by atoms with van der Waals surface area (Å²) in [5, 5.41) is 10.7. The van der Waals surface area contributed by atoms with Crippen LogP contribution in [0.2, 0.25) is 5.02 Å². The Kier molecular flexibility index (Phi) is 3.72. The average molecular weight is 288 g/mol. The Morgan fingerprint density at radius 3 is 2.85 bits per heavy atom. The summed E-state index contributed by atoms with van der Waals surface area (Å²) in [6, 6.07) is 11.4. The lowest BCUT2D eigenvalue weighted by Crippen LogP contribution is -1.96. The van der Waals surface area contributed by atoms with Gasteiger partial charge >= 0.3 is 0 Å². The third kappa shape index (κ3) is 2.55. The number of benzene rings is 1. The van der Waals surface area contributed by atoms with Gasteiger partial charge < -0.3 is 9.52 Å². The summed E-state index contributed by atoms with van der Waals surface area (Å²) in [7, 11) is 0. The van der Waals surface area contributed by atoms with Gasteiger partial charge in [0.05, 0.1) is 11.8 Å². The summed E-state index contributed by atoms with van der Waals surface area (Å²) in [6.07, 6.45) is 3.09. The molecule has 0 aliphatic heterocycles. The van der Waals surface area contributed by atoms with Crippen LogP contribution in [0, 0.1) is 0 Å². The summed E-state index contributed by atoms with van der Waals surface area (Å²) in [5.41, 5.74) is 2.77. The molecule has 1 aromatic carbocycles. The predicted octanol–water partition coefficient (Wildman–Crippen LogP) is 4.07. The number of nitrogens with zero attached hydrogens (tertiary/aromatic N) is 1. The van der Waals surface area contributed by atoms with Crippen molar-refractivity contribution < 1.29 is 9.52 Å². The molecule has 3 aromatic rings. The lowest BCUT2D eigenvalue weighted by atomic mass is 10.0. The van der Waals surface area contributed by atoms with Gasteiger partial charge in [-0.15, -0.1) is 0 Å². The number of hydrogen-bond donors (Lipinski definition) is 1. The van der Waals surface area contributed by atoms with E-state index >= 15 is 0 Å². The molecule has 0 saturated heterocycles. The van der Waals surface area contributed by atoms with Crippen molar-refractivity contribution in [1.82, 2.24) is 4.98 Å². The van der Waals surface area contributed by atoms with E-state index in [2.05, 4.69) is 11.1 Å². The molecule has 0 aliphatic carbocycles. The van der Waals surface area contributed by atoms with Gasteiger partial charge in [-0.25, -0.2) is 4.98 Å². The molecular weight excluding hydrogens is 274 g/mol. The molecule has 0 amide bonds. The van der Waals surface area contributed by atoms with E-state index in [1.807, 2.05) is 30.3 Å². The highest BCUT2D eigenvalue weighted by atomic mass is 35.5. The van der Waals surface area contributed by atoms with Gasteiger partial charge in [-0.1, -0.05) is 11.6 Å². The Balaban J connectivity index is 2.17. The molecular formula is C16H14ClNO2. The Hall–Kier alpha value is -1.84. The number of pyridine rings is 1. The van der Waals surface area contributed by atoms with E-state index in [0.717, 1.165) is 34.3 Å². The van der Waals surface area contributed by atoms with Crippen LogP contribution in [0.5, 0.6) is 0 Å². The van der Waals surface area contributed by atoms with Gasteiger partial charge in [0.15, 0.2) is 5.76 Å². The number of aliphatic hydroxyl groups excluding tert-OH is 1. The topological polar surface area (TPSA) is 46.3 Å². The van der Waals surface area contributed by atoms with Crippen molar-refractivity contribution in [1.29, 1.82) is 0 Å². The summed E-state index contributed by atoms with van der Waals surface area (Å²) in [4.78, 5) is 4.68. The van der Waals surface area contributed by atoms with Crippen LogP contribution < -0.4 is 0 Å². The van der Waals surface area contributed by atoms with Gasteiger partial charge in [-0.2, -0.15) is 0 Å². The van der Waals surface area contributed by atoms with Crippen LogP contribution in [-0.2, 0) is 6.42 Å². The summed E-state index contributed by atoms with van der Waals surface area (Å²) in [6.45, 7) is 0.158. The maximum absolute atomic E-state index is 9.04. The van der Waals surface area contributed by atoms with E-state index < -0.39 is 0 Å². The SMILES string of the molecule is OCCCc1cc2cc(Cl)ccc2nc1-c1ccco1. The second-order valence-corrected chi connectivity index (χ2v) is 5.07. The third-order valence-corrected chi connectivity index (χ3v) is 3.45. The minimum absolute atomic E-state index is 0.158. The standard InChI is InChI=1S/C16H14ClNO2/c17-13-5-6-14-12(10-13)9-11(3-1-7-19)16(18-14)15-4-2-8-20-15/h2,4-6,8-10,19H,1,3,7H2. The monoisotopic (exact) mass is 287 g/mol. The second-order valence-electron chi connectivity index (χ2n) is 4.64. The first kappa shape index (κ1) is 13.2. The van der Waals surface area contributed by atoms with Gasteiger partial charge in [-0.3, -0.25) is 0 Å². The normalized spacial score (nSPS) is 11.1. The van der Waals surface area contributed by atoms with Crippen LogP contribution in [0.1, 0.15) is 12.0 Å². The first-order valence-electron chi connectivity index (χ1n) is 6.52. The van der Waals surface area contributed by atoms with Gasteiger partial charge in [0, 0.05) is 17.0 Å². The summed E-state index contributed by atoms with van der Waals surface area (Å²) in [5.74, 6) is 0.745. The van der Waals surface area contributed by atoms with E-state index in [0.29, 0.717) is 11.4 Å². The number of rotatable bonds is 4. The maximum atomic E-state index is 9.04. The minimum atomic E-state index is 0.158. The molecule has 0 atom stereocenters. The fourth-order valence-electron chi connectivity index (χ4n) is 2.28. The van der Waals surface area contributed by atoms with Crippen LogP contribution in [0.3, 0.4) is 0 Å². The highest BCUT2D eigenvalue weighted by Crippen LogP contribution is 2.28. The van der Waals surface area contributed by atoms with Crippen molar-refractivity contribution in [3.63, 3.8) is 0 Å². The average Bonchev–Trinajstić information content (AvgIpc) is 2.98. The highest BCUT2D eigenvalue weighted by molar-refractivity contribution is 6.31. The number of fused-ring (bicyclic) bond motifs is 1. The van der Waals surface area contributed by atoms with Gasteiger partial charge in [-0.05, 0) is 54.8 Å². The fraction of sp³-hybridized carbons (Fsp3) is 0.188. The molecule has 0 saturated carbocycles. The Morgan fingerprint density at radius 2 is 2.10 bits per heavy atom. The highest BCUT2D eigenvalue weighted by Gasteiger charge is 2.11. The van der Waals surface area contributed by atoms with Gasteiger partial charge in [0.2, 0.25) is 0 Å². The first-order chi connectivity index (χ1) is 9.78. The number of furan rings is 1. The van der Waals surface area contributed by atoms with Crippen molar-refractivity contribution in [2.24, 2.45) is 0 Å². The zero-order valence-corrected chi connectivity index (χ0v) is 11.6. The molecule has 0 fully saturated rings. The fourth-order valence-corrected chi connectivity index (χ4v) is 2.46. The van der Waals surface area contributed by atoms with E-state index in [9.17, 15) is 0 Å². The smallest absolute Gasteiger partial charge is 0.152 e. The molecule has 0 bridgehead atoms. The molecule has 2 aromatic heterocycles.